The molecule has 1 heterocycles. The van der Waals surface area contributed by atoms with E-state index >= 15 is 0 Å². The van der Waals surface area contributed by atoms with E-state index in [-0.39, 0.29) is 5.76 Å². The number of hydrogen-bond acceptors (Lipinski definition) is 5. The molecule has 1 aromatic heterocycles. The smallest absolute Gasteiger partial charge is 0.427 e. The number of methoxy groups -OCH3 is 1. The van der Waals surface area contributed by atoms with Crippen molar-refractivity contribution in [1.82, 2.24) is 5.43 Å². The molecule has 0 saturated heterocycles. The molecule has 0 radical (unpaired) electrons. The maximum absolute atomic E-state index is 10.9. The number of rotatable bonds is 4. The molecule has 0 fully saturated rings. The first-order valence-electron chi connectivity index (χ1n) is 6.33. The van der Waals surface area contributed by atoms with Crippen molar-refractivity contribution in [3.63, 3.8) is 0 Å². The Morgan fingerprint density at radius 3 is 2.41 bits per heavy atom. The van der Waals surface area contributed by atoms with Crippen LogP contribution in [0.3, 0.4) is 0 Å². The van der Waals surface area contributed by atoms with Crippen LogP contribution in [0.15, 0.2) is 45.9 Å². The summed E-state index contributed by atoms with van der Waals surface area (Å²) in [5, 5.41) is 12.7. The third-order valence-electron chi connectivity index (χ3n) is 2.90. The van der Waals surface area contributed by atoms with E-state index in [9.17, 15) is 9.59 Å². The van der Waals surface area contributed by atoms with Gasteiger partial charge in [0.15, 0.2) is 0 Å². The van der Waals surface area contributed by atoms with E-state index in [2.05, 4.69) is 15.3 Å². The van der Waals surface area contributed by atoms with E-state index in [4.69, 9.17) is 9.52 Å². The summed E-state index contributed by atoms with van der Waals surface area (Å²) >= 11 is 0. The fourth-order valence-corrected chi connectivity index (χ4v) is 1.72. The van der Waals surface area contributed by atoms with Gasteiger partial charge in [0, 0.05) is 5.56 Å². The van der Waals surface area contributed by atoms with Gasteiger partial charge in [-0.3, -0.25) is 0 Å². The number of carbonyl (C=O) groups is 2. The van der Waals surface area contributed by atoms with Crippen LogP contribution in [-0.4, -0.2) is 30.0 Å². The highest BCUT2D eigenvalue weighted by Gasteiger charge is 2.10. The Morgan fingerprint density at radius 1 is 1.18 bits per heavy atom. The van der Waals surface area contributed by atoms with Gasteiger partial charge in [0.25, 0.3) is 0 Å². The number of hydrogen-bond donors (Lipinski definition) is 2. The van der Waals surface area contributed by atoms with E-state index in [1.54, 1.807) is 37.3 Å². The molecular weight excluding hydrogens is 288 g/mol. The summed E-state index contributed by atoms with van der Waals surface area (Å²) in [5.74, 6) is -0.759. The maximum atomic E-state index is 10.9. The Labute approximate surface area is 126 Å². The van der Waals surface area contributed by atoms with E-state index in [0.717, 1.165) is 11.1 Å². The zero-order valence-corrected chi connectivity index (χ0v) is 12.0. The van der Waals surface area contributed by atoms with Gasteiger partial charge >= 0.3 is 12.1 Å². The number of carbonyl (C=O) groups excluding carboxylic acids is 1. The lowest BCUT2D eigenvalue weighted by molar-refractivity contribution is 0.0663. The van der Waals surface area contributed by atoms with Crippen LogP contribution in [0.4, 0.5) is 4.79 Å². The number of nitrogens with zero attached hydrogens (tertiary/aromatic N) is 1. The topological polar surface area (TPSA) is 101 Å². The molecule has 0 aliphatic heterocycles. The molecule has 0 aliphatic carbocycles. The molecule has 7 nitrogen and oxygen atoms in total. The van der Waals surface area contributed by atoms with E-state index in [1.165, 1.54) is 13.2 Å². The molecule has 1 amide bonds. The van der Waals surface area contributed by atoms with E-state index in [1.807, 2.05) is 0 Å². The lowest BCUT2D eigenvalue weighted by atomic mass is 10.1. The van der Waals surface area contributed by atoms with Gasteiger partial charge in [-0.2, -0.15) is 5.10 Å². The molecule has 0 unspecified atom stereocenters. The van der Waals surface area contributed by atoms with Crippen molar-refractivity contribution in [2.45, 2.75) is 6.92 Å². The number of carboxylic acid groups (broad SMARTS) is 1. The quantitative estimate of drug-likeness (QED) is 0.668. The van der Waals surface area contributed by atoms with Crippen LogP contribution in [0.1, 0.15) is 23.0 Å². The van der Waals surface area contributed by atoms with Gasteiger partial charge in [-0.05, 0) is 24.6 Å². The highest BCUT2D eigenvalue weighted by Crippen LogP contribution is 2.22. The minimum atomic E-state index is -1.11. The number of amides is 1. The van der Waals surface area contributed by atoms with Crippen LogP contribution >= 0.6 is 0 Å². The normalized spacial score (nSPS) is 11.1. The predicted octanol–water partition coefficient (Wildman–Crippen LogP) is 2.72. The summed E-state index contributed by atoms with van der Waals surface area (Å²) in [6.45, 7) is 1.74. The van der Waals surface area contributed by atoms with E-state index in [0.29, 0.717) is 11.5 Å². The largest absolute Gasteiger partial charge is 0.475 e. The zero-order chi connectivity index (χ0) is 16.1. The van der Waals surface area contributed by atoms with Crippen LogP contribution in [0.2, 0.25) is 0 Å². The summed E-state index contributed by atoms with van der Waals surface area (Å²) in [6.07, 6.45) is -0.646. The van der Waals surface area contributed by atoms with Gasteiger partial charge < -0.3 is 14.3 Å². The van der Waals surface area contributed by atoms with Crippen molar-refractivity contribution < 1.29 is 23.8 Å². The highest BCUT2D eigenvalue weighted by molar-refractivity contribution is 5.99. The Kier molecular flexibility index (Phi) is 4.57. The Bertz CT molecular complexity index is 716. The SMILES string of the molecule is COC(=O)N/N=C(/C)c1ccc(-c2ccc(C(=O)O)o2)cc1. The molecule has 0 atom stereocenters. The average molecular weight is 302 g/mol. The van der Waals surface area contributed by atoms with Crippen molar-refractivity contribution in [3.8, 4) is 11.3 Å². The minimum Gasteiger partial charge on any atom is -0.475 e. The molecule has 2 N–H and O–H groups in total. The third kappa shape index (κ3) is 3.51. The highest BCUT2D eigenvalue weighted by atomic mass is 16.5. The number of carboxylic acids is 1. The second-order valence-electron chi connectivity index (χ2n) is 4.35. The van der Waals surface area contributed by atoms with Gasteiger partial charge in [-0.25, -0.2) is 15.0 Å². The lowest BCUT2D eigenvalue weighted by Gasteiger charge is -2.03. The van der Waals surface area contributed by atoms with Crippen molar-refractivity contribution in [1.29, 1.82) is 0 Å². The van der Waals surface area contributed by atoms with Crippen LogP contribution in [-0.2, 0) is 4.74 Å². The second kappa shape index (κ2) is 6.57. The molecule has 0 bridgehead atoms. The standard InChI is InChI=1S/C15H14N2O5/c1-9(16-17-15(20)21-2)10-3-5-11(6-4-10)12-7-8-13(22-12)14(18)19/h3-8H,1-2H3,(H,17,20)(H,18,19)/b16-9-. The summed E-state index contributed by atoms with van der Waals surface area (Å²) < 4.78 is 9.64. The van der Waals surface area contributed by atoms with Gasteiger partial charge in [0.1, 0.15) is 5.76 Å². The van der Waals surface area contributed by atoms with Crippen LogP contribution in [0.5, 0.6) is 0 Å². The molecular formula is C15H14N2O5. The number of aromatic carboxylic acids is 1. The van der Waals surface area contributed by atoms with Gasteiger partial charge in [0.05, 0.1) is 12.8 Å². The van der Waals surface area contributed by atoms with Crippen LogP contribution < -0.4 is 5.43 Å². The fraction of sp³-hybridized carbons (Fsp3) is 0.133. The molecule has 114 valence electrons. The number of nitrogens with one attached hydrogen (secondary N) is 1. The predicted molar refractivity (Wildman–Crippen MR) is 78.9 cm³/mol. The van der Waals surface area contributed by atoms with Crippen LogP contribution in [0.25, 0.3) is 11.3 Å². The van der Waals surface area contributed by atoms with E-state index < -0.39 is 12.1 Å². The van der Waals surface area contributed by atoms with Gasteiger partial charge in [-0.15, -0.1) is 0 Å². The third-order valence-corrected chi connectivity index (χ3v) is 2.90. The lowest BCUT2D eigenvalue weighted by Crippen LogP contribution is -2.18. The zero-order valence-electron chi connectivity index (χ0n) is 12.0. The Hall–Kier alpha value is -3.09. The number of furan rings is 1. The first-order valence-corrected chi connectivity index (χ1v) is 6.33. The molecule has 0 saturated carbocycles. The summed E-state index contributed by atoms with van der Waals surface area (Å²) in [5.41, 5.74) is 4.37. The second-order valence-corrected chi connectivity index (χ2v) is 4.35. The summed E-state index contributed by atoms with van der Waals surface area (Å²) in [4.78, 5) is 21.7. The molecule has 2 rings (SSSR count). The van der Waals surface area contributed by atoms with Gasteiger partial charge in [-0.1, -0.05) is 24.3 Å². The van der Waals surface area contributed by atoms with Crippen molar-refractivity contribution in [2.75, 3.05) is 7.11 Å². The Balaban J connectivity index is 2.15. The molecule has 0 spiro atoms. The first kappa shape index (κ1) is 15.3. The maximum Gasteiger partial charge on any atom is 0.427 e. The molecule has 22 heavy (non-hydrogen) atoms. The molecule has 0 aliphatic rings. The number of ether oxygens (including phenoxy) is 1. The van der Waals surface area contributed by atoms with Crippen molar-refractivity contribution >= 4 is 17.8 Å². The average Bonchev–Trinajstić information content (AvgIpc) is 3.02. The fourth-order valence-electron chi connectivity index (χ4n) is 1.72. The summed E-state index contributed by atoms with van der Waals surface area (Å²) in [6, 6.07) is 10.1. The van der Waals surface area contributed by atoms with Crippen LogP contribution in [0, 0.1) is 0 Å². The Morgan fingerprint density at radius 2 is 1.86 bits per heavy atom. The molecule has 2 aromatic rings. The first-order chi connectivity index (χ1) is 10.5. The number of benzene rings is 1. The summed E-state index contributed by atoms with van der Waals surface area (Å²) in [7, 11) is 1.25. The van der Waals surface area contributed by atoms with Gasteiger partial charge in [0.2, 0.25) is 5.76 Å². The number of hydrazone groups is 1. The van der Waals surface area contributed by atoms with Crippen molar-refractivity contribution in [2.24, 2.45) is 5.10 Å². The monoisotopic (exact) mass is 302 g/mol. The van der Waals surface area contributed by atoms with Crippen molar-refractivity contribution in [3.05, 3.63) is 47.7 Å². The molecule has 7 heteroatoms. The minimum absolute atomic E-state index is 0.112. The molecule has 1 aromatic carbocycles.